The van der Waals surface area contributed by atoms with E-state index in [4.69, 9.17) is 23.7 Å². The molecule has 0 aromatic rings. The van der Waals surface area contributed by atoms with Crippen molar-refractivity contribution < 1.29 is 64.5 Å². The third kappa shape index (κ3) is 4.63. The molecule has 13 nitrogen and oxygen atoms in total. The highest BCUT2D eigenvalue weighted by atomic mass is 16.7. The first kappa shape index (κ1) is 24.1. The summed E-state index contributed by atoms with van der Waals surface area (Å²) in [6.45, 7) is 2.61. The zero-order valence-corrected chi connectivity index (χ0v) is 16.4. The van der Waals surface area contributed by atoms with E-state index in [9.17, 15) is 40.9 Å². The van der Waals surface area contributed by atoms with Crippen LogP contribution in [0.1, 0.15) is 13.8 Å². The zero-order chi connectivity index (χ0) is 22.3. The van der Waals surface area contributed by atoms with Crippen molar-refractivity contribution in [2.75, 3.05) is 6.61 Å². The van der Waals surface area contributed by atoms with Gasteiger partial charge in [-0.05, 0) is 13.8 Å². The standard InChI is InChI=1S/C17H30O13/c1-4-7(19)9(21)14(15(25)27-4)30-17-12(24)10(22)13(5(2)28-17)29-16-11(23)8(20)6(18)3-26-16/h4-25H,3H2,1-2H3/t4-,5+,6-,7+,8+,9+,10+,11-,12-,13+,14-,15-,16+,17+/m1/s1. The van der Waals surface area contributed by atoms with Crippen molar-refractivity contribution in [3.63, 3.8) is 0 Å². The molecule has 0 aromatic heterocycles. The third-order valence-corrected chi connectivity index (χ3v) is 5.62. The molecule has 0 unspecified atom stereocenters. The number of hydrogen-bond donors (Lipinski definition) is 8. The van der Waals surface area contributed by atoms with Crippen molar-refractivity contribution >= 4 is 0 Å². The van der Waals surface area contributed by atoms with Crippen LogP contribution in [0.3, 0.4) is 0 Å². The third-order valence-electron chi connectivity index (χ3n) is 5.62. The molecule has 0 aliphatic carbocycles. The van der Waals surface area contributed by atoms with Crippen LogP contribution in [0.2, 0.25) is 0 Å². The lowest BCUT2D eigenvalue weighted by Crippen LogP contribution is -2.64. The van der Waals surface area contributed by atoms with Gasteiger partial charge < -0.3 is 64.5 Å². The maximum atomic E-state index is 10.5. The van der Waals surface area contributed by atoms with Crippen LogP contribution in [0.4, 0.5) is 0 Å². The molecule has 3 aliphatic rings. The van der Waals surface area contributed by atoms with Gasteiger partial charge in [0, 0.05) is 0 Å². The summed E-state index contributed by atoms with van der Waals surface area (Å²) in [7, 11) is 0. The molecule has 30 heavy (non-hydrogen) atoms. The van der Waals surface area contributed by atoms with Gasteiger partial charge in [-0.25, -0.2) is 0 Å². The summed E-state index contributed by atoms with van der Waals surface area (Å²) in [4.78, 5) is 0. The second-order valence-electron chi connectivity index (χ2n) is 7.86. The Kier molecular flexibility index (Phi) is 7.67. The molecular formula is C17H30O13. The number of rotatable bonds is 4. The van der Waals surface area contributed by atoms with Crippen molar-refractivity contribution in [2.24, 2.45) is 0 Å². The predicted octanol–water partition coefficient (Wildman–Crippen LogP) is -4.88. The molecule has 3 saturated heterocycles. The van der Waals surface area contributed by atoms with Gasteiger partial charge in [0.1, 0.15) is 54.9 Å². The van der Waals surface area contributed by atoms with Gasteiger partial charge in [-0.3, -0.25) is 0 Å². The quantitative estimate of drug-likeness (QED) is 0.206. The number of aliphatic hydroxyl groups is 8. The topological polar surface area (TPSA) is 208 Å². The molecule has 3 rings (SSSR count). The average molecular weight is 442 g/mol. The highest BCUT2D eigenvalue weighted by Crippen LogP contribution is 2.31. The van der Waals surface area contributed by atoms with Gasteiger partial charge in [0.25, 0.3) is 0 Å². The molecule has 0 spiro atoms. The Morgan fingerprint density at radius 3 is 1.83 bits per heavy atom. The van der Waals surface area contributed by atoms with Gasteiger partial charge in [-0.2, -0.15) is 0 Å². The average Bonchev–Trinajstić information content (AvgIpc) is 2.70. The SMILES string of the molecule is C[C@@H]1O[C@@H](O[C@@H]2[C@@H](O)[C@@H](O)[C@@H](C)O[C@H]2O)[C@H](O)[C@H](O)[C@H]1O[C@@H]1OC[C@@H](O)[C@H](O)[C@H]1O. The highest BCUT2D eigenvalue weighted by Gasteiger charge is 2.51. The molecule has 0 aromatic carbocycles. The van der Waals surface area contributed by atoms with Crippen molar-refractivity contribution in [1.29, 1.82) is 0 Å². The first-order valence-electron chi connectivity index (χ1n) is 9.71. The van der Waals surface area contributed by atoms with Gasteiger partial charge in [-0.15, -0.1) is 0 Å². The molecule has 13 heteroatoms. The number of ether oxygens (including phenoxy) is 5. The number of aliphatic hydroxyl groups excluding tert-OH is 8. The lowest BCUT2D eigenvalue weighted by molar-refractivity contribution is -0.372. The summed E-state index contributed by atoms with van der Waals surface area (Å²) in [5.41, 5.74) is 0. The second kappa shape index (κ2) is 9.54. The maximum Gasteiger partial charge on any atom is 0.187 e. The molecule has 3 heterocycles. The summed E-state index contributed by atoms with van der Waals surface area (Å²) < 4.78 is 26.6. The maximum absolute atomic E-state index is 10.5. The van der Waals surface area contributed by atoms with Gasteiger partial charge in [0.2, 0.25) is 0 Å². The minimum absolute atomic E-state index is 0.312. The molecule has 0 radical (unpaired) electrons. The largest absolute Gasteiger partial charge is 0.388 e. The monoisotopic (exact) mass is 442 g/mol. The molecule has 0 saturated carbocycles. The van der Waals surface area contributed by atoms with Gasteiger partial charge in [0.15, 0.2) is 18.9 Å². The summed E-state index contributed by atoms with van der Waals surface area (Å²) >= 11 is 0. The summed E-state index contributed by atoms with van der Waals surface area (Å²) in [6, 6.07) is 0. The Hall–Kier alpha value is -0.520. The summed E-state index contributed by atoms with van der Waals surface area (Å²) in [6.07, 6.45) is -19.7. The lowest BCUT2D eigenvalue weighted by Gasteiger charge is -2.46. The van der Waals surface area contributed by atoms with E-state index < -0.39 is 86.0 Å². The van der Waals surface area contributed by atoms with Gasteiger partial charge in [0.05, 0.1) is 18.8 Å². The smallest absolute Gasteiger partial charge is 0.187 e. The molecule has 8 N–H and O–H groups in total. The molecular weight excluding hydrogens is 412 g/mol. The molecule has 176 valence electrons. The molecule has 3 aliphatic heterocycles. The van der Waals surface area contributed by atoms with E-state index in [0.717, 1.165) is 0 Å². The fraction of sp³-hybridized carbons (Fsp3) is 1.00. The van der Waals surface area contributed by atoms with Crippen molar-refractivity contribution in [3.8, 4) is 0 Å². The van der Waals surface area contributed by atoms with Crippen LogP contribution >= 0.6 is 0 Å². The fourth-order valence-electron chi connectivity index (χ4n) is 3.68. The van der Waals surface area contributed by atoms with Crippen LogP contribution in [0.25, 0.3) is 0 Å². The highest BCUT2D eigenvalue weighted by molar-refractivity contribution is 4.93. The Morgan fingerprint density at radius 1 is 0.600 bits per heavy atom. The van der Waals surface area contributed by atoms with E-state index in [1.54, 1.807) is 0 Å². The number of hydrogen-bond acceptors (Lipinski definition) is 13. The first-order chi connectivity index (χ1) is 14.0. The zero-order valence-electron chi connectivity index (χ0n) is 16.4. The van der Waals surface area contributed by atoms with E-state index in [-0.39, 0.29) is 6.61 Å². The van der Waals surface area contributed by atoms with Crippen LogP contribution in [-0.2, 0) is 23.7 Å². The van der Waals surface area contributed by atoms with Gasteiger partial charge >= 0.3 is 0 Å². The van der Waals surface area contributed by atoms with Crippen LogP contribution in [0, 0.1) is 0 Å². The van der Waals surface area contributed by atoms with E-state index >= 15 is 0 Å². The van der Waals surface area contributed by atoms with Crippen LogP contribution < -0.4 is 0 Å². The van der Waals surface area contributed by atoms with E-state index in [0.29, 0.717) is 0 Å². The minimum Gasteiger partial charge on any atom is -0.388 e. The van der Waals surface area contributed by atoms with Crippen molar-refractivity contribution in [1.82, 2.24) is 0 Å². The van der Waals surface area contributed by atoms with Gasteiger partial charge in [-0.1, -0.05) is 0 Å². The Labute approximate surface area is 171 Å². The van der Waals surface area contributed by atoms with Crippen LogP contribution in [0.15, 0.2) is 0 Å². The van der Waals surface area contributed by atoms with E-state index in [2.05, 4.69) is 0 Å². The molecule has 0 bridgehead atoms. The second-order valence-corrected chi connectivity index (χ2v) is 7.86. The Morgan fingerprint density at radius 2 is 1.17 bits per heavy atom. The Balaban J connectivity index is 1.63. The molecule has 0 amide bonds. The molecule has 3 fully saturated rings. The van der Waals surface area contributed by atoms with Crippen molar-refractivity contribution in [3.05, 3.63) is 0 Å². The normalized spacial score (nSPS) is 55.4. The van der Waals surface area contributed by atoms with Crippen LogP contribution in [0.5, 0.6) is 0 Å². The predicted molar refractivity (Wildman–Crippen MR) is 92.4 cm³/mol. The van der Waals surface area contributed by atoms with E-state index in [1.807, 2.05) is 0 Å². The lowest BCUT2D eigenvalue weighted by atomic mass is 9.97. The minimum atomic E-state index is -1.71. The van der Waals surface area contributed by atoms with Crippen LogP contribution in [-0.4, -0.2) is 133 Å². The molecule has 14 atom stereocenters. The summed E-state index contributed by atoms with van der Waals surface area (Å²) in [5, 5.41) is 80.1. The fourth-order valence-corrected chi connectivity index (χ4v) is 3.68. The van der Waals surface area contributed by atoms with Crippen molar-refractivity contribution in [2.45, 2.75) is 99.9 Å². The van der Waals surface area contributed by atoms with E-state index in [1.165, 1.54) is 13.8 Å². The Bertz CT molecular complexity index is 566. The summed E-state index contributed by atoms with van der Waals surface area (Å²) in [5.74, 6) is 0. The first-order valence-corrected chi connectivity index (χ1v) is 9.71.